The molecule has 12 rings (SSSR count). The Morgan fingerprint density at radius 1 is 0.281 bits per heavy atom. The standard InChI is InChI=1S/C62H50N2/c1-3-15-43(16-4-1)44-27-35-49(36-28-44)63(50-37-29-45(30-38-50)46-31-39-52(40-32-46)64-59-25-13-11-19-53(59)54-20-12-14-26-60(54)64)51-41-33-48(34-42-51)62-57-23-9-7-21-55(57)61(47-17-5-2-6-18-47)56-22-8-10-24-58(56)62/h1-6,11-20,25-42H,7-10,21-24H2. The lowest BCUT2D eigenvalue weighted by Gasteiger charge is -2.32. The lowest BCUT2D eigenvalue weighted by molar-refractivity contribution is 0.662. The summed E-state index contributed by atoms with van der Waals surface area (Å²) in [4.78, 5) is 2.41. The smallest absolute Gasteiger partial charge is 0.0541 e. The van der Waals surface area contributed by atoms with Crippen LogP contribution in [0.25, 0.3) is 72.0 Å². The van der Waals surface area contributed by atoms with Crippen LogP contribution >= 0.6 is 0 Å². The minimum absolute atomic E-state index is 1.13. The van der Waals surface area contributed by atoms with Crippen molar-refractivity contribution in [3.63, 3.8) is 0 Å². The second kappa shape index (κ2) is 16.4. The fourth-order valence-electron chi connectivity index (χ4n) is 11.0. The molecule has 0 amide bonds. The highest BCUT2D eigenvalue weighted by atomic mass is 15.1. The molecule has 308 valence electrons. The molecule has 1 heterocycles. The van der Waals surface area contributed by atoms with Crippen molar-refractivity contribution in [3.05, 3.63) is 229 Å². The van der Waals surface area contributed by atoms with E-state index < -0.39 is 0 Å². The first-order chi connectivity index (χ1) is 31.8. The van der Waals surface area contributed by atoms with Gasteiger partial charge >= 0.3 is 0 Å². The fourth-order valence-corrected chi connectivity index (χ4v) is 11.0. The molecule has 9 aromatic carbocycles. The van der Waals surface area contributed by atoms with E-state index in [4.69, 9.17) is 0 Å². The monoisotopic (exact) mass is 822 g/mol. The van der Waals surface area contributed by atoms with Gasteiger partial charge < -0.3 is 9.47 Å². The summed E-state index contributed by atoms with van der Waals surface area (Å²) in [7, 11) is 0. The number of hydrogen-bond donors (Lipinski definition) is 0. The first-order valence-electron chi connectivity index (χ1n) is 23.3. The zero-order chi connectivity index (χ0) is 42.4. The van der Waals surface area contributed by atoms with Crippen LogP contribution < -0.4 is 4.90 Å². The molecule has 0 bridgehead atoms. The van der Waals surface area contributed by atoms with Crippen LogP contribution in [0, 0.1) is 0 Å². The molecule has 64 heavy (non-hydrogen) atoms. The molecule has 1 aromatic heterocycles. The highest BCUT2D eigenvalue weighted by Crippen LogP contribution is 2.47. The minimum Gasteiger partial charge on any atom is -0.311 e. The van der Waals surface area contributed by atoms with Crippen LogP contribution in [0.1, 0.15) is 47.9 Å². The van der Waals surface area contributed by atoms with E-state index in [1.165, 1.54) is 105 Å². The van der Waals surface area contributed by atoms with Crippen molar-refractivity contribution in [2.75, 3.05) is 4.90 Å². The number of rotatable bonds is 8. The molecule has 0 unspecified atom stereocenters. The number of benzene rings is 9. The summed E-state index contributed by atoms with van der Waals surface area (Å²) in [6.45, 7) is 0. The van der Waals surface area contributed by atoms with Gasteiger partial charge in [-0.15, -0.1) is 0 Å². The number of nitrogens with zero attached hydrogens (tertiary/aromatic N) is 2. The molecular formula is C62H50N2. The Balaban J connectivity index is 0.915. The van der Waals surface area contributed by atoms with Gasteiger partial charge in [-0.1, -0.05) is 146 Å². The lowest BCUT2D eigenvalue weighted by Crippen LogP contribution is -2.15. The lowest BCUT2D eigenvalue weighted by atomic mass is 9.73. The second-order valence-electron chi connectivity index (χ2n) is 17.7. The molecule has 0 aliphatic heterocycles. The van der Waals surface area contributed by atoms with E-state index >= 15 is 0 Å². The van der Waals surface area contributed by atoms with Crippen molar-refractivity contribution >= 4 is 38.9 Å². The molecule has 0 fully saturated rings. The maximum absolute atomic E-state index is 2.41. The Morgan fingerprint density at radius 2 is 0.594 bits per heavy atom. The maximum atomic E-state index is 2.41. The van der Waals surface area contributed by atoms with E-state index in [1.54, 1.807) is 27.8 Å². The van der Waals surface area contributed by atoms with Gasteiger partial charge in [0.15, 0.2) is 0 Å². The van der Waals surface area contributed by atoms with Gasteiger partial charge in [0, 0.05) is 33.5 Å². The third kappa shape index (κ3) is 6.73. The van der Waals surface area contributed by atoms with E-state index in [2.05, 4.69) is 216 Å². The van der Waals surface area contributed by atoms with Crippen LogP contribution in [0.4, 0.5) is 17.1 Å². The summed E-state index contributed by atoms with van der Waals surface area (Å²) in [6.07, 6.45) is 9.74. The van der Waals surface area contributed by atoms with Crippen LogP contribution in [-0.4, -0.2) is 4.57 Å². The van der Waals surface area contributed by atoms with Gasteiger partial charge in [-0.2, -0.15) is 0 Å². The van der Waals surface area contributed by atoms with Crippen LogP contribution in [-0.2, 0) is 25.7 Å². The highest BCUT2D eigenvalue weighted by molar-refractivity contribution is 6.09. The van der Waals surface area contributed by atoms with Gasteiger partial charge in [-0.25, -0.2) is 0 Å². The van der Waals surface area contributed by atoms with Crippen molar-refractivity contribution in [1.82, 2.24) is 4.57 Å². The average molecular weight is 823 g/mol. The largest absolute Gasteiger partial charge is 0.311 e. The number of anilines is 3. The van der Waals surface area contributed by atoms with Crippen molar-refractivity contribution in [2.45, 2.75) is 51.4 Å². The Labute approximate surface area is 376 Å². The zero-order valence-corrected chi connectivity index (χ0v) is 36.2. The van der Waals surface area contributed by atoms with Gasteiger partial charge in [0.2, 0.25) is 0 Å². The molecule has 0 saturated carbocycles. The topological polar surface area (TPSA) is 8.17 Å². The summed E-state index contributed by atoms with van der Waals surface area (Å²) >= 11 is 0. The number of fused-ring (bicyclic) bond motifs is 5. The molecule has 0 saturated heterocycles. The Hall–Kier alpha value is -7.42. The third-order valence-corrected chi connectivity index (χ3v) is 14.0. The molecule has 2 heteroatoms. The van der Waals surface area contributed by atoms with E-state index in [0.717, 1.165) is 29.9 Å². The van der Waals surface area contributed by atoms with Crippen LogP contribution in [0.3, 0.4) is 0 Å². The maximum Gasteiger partial charge on any atom is 0.0541 e. The van der Waals surface area contributed by atoms with Crippen LogP contribution in [0.2, 0.25) is 0 Å². The van der Waals surface area contributed by atoms with Gasteiger partial charge in [-0.05, 0) is 179 Å². The SMILES string of the molecule is c1ccc(-c2ccc(N(c3ccc(-c4ccc(-n5c6ccccc6c6ccccc65)cc4)cc3)c3ccc(-c4c5c(c(-c6ccccc6)c6c4CCCC6)CCCC5)cc3)cc2)cc1. The quantitative estimate of drug-likeness (QED) is 0.148. The van der Waals surface area contributed by atoms with Gasteiger partial charge in [-0.3, -0.25) is 0 Å². The van der Waals surface area contributed by atoms with Crippen LogP contribution in [0.5, 0.6) is 0 Å². The summed E-state index contributed by atoms with van der Waals surface area (Å²) in [5.74, 6) is 0. The molecule has 0 spiro atoms. The van der Waals surface area contributed by atoms with Crippen molar-refractivity contribution in [3.8, 4) is 50.2 Å². The summed E-state index contributed by atoms with van der Waals surface area (Å²) in [5.41, 5.74) is 24.1. The molecule has 2 nitrogen and oxygen atoms in total. The summed E-state index contributed by atoms with van der Waals surface area (Å²) < 4.78 is 2.38. The Kier molecular flexibility index (Phi) is 9.79. The Morgan fingerprint density at radius 3 is 1.02 bits per heavy atom. The molecule has 10 aromatic rings. The number of hydrogen-bond acceptors (Lipinski definition) is 1. The average Bonchev–Trinajstić information content (AvgIpc) is 3.71. The van der Waals surface area contributed by atoms with Gasteiger partial charge in [0.25, 0.3) is 0 Å². The third-order valence-electron chi connectivity index (χ3n) is 14.0. The number of para-hydroxylation sites is 2. The van der Waals surface area contributed by atoms with Gasteiger partial charge in [0.1, 0.15) is 0 Å². The predicted molar refractivity (Wildman–Crippen MR) is 270 cm³/mol. The number of aromatic nitrogens is 1. The van der Waals surface area contributed by atoms with E-state index in [-0.39, 0.29) is 0 Å². The van der Waals surface area contributed by atoms with E-state index in [9.17, 15) is 0 Å². The molecular weight excluding hydrogens is 773 g/mol. The van der Waals surface area contributed by atoms with Crippen molar-refractivity contribution in [2.24, 2.45) is 0 Å². The van der Waals surface area contributed by atoms with Gasteiger partial charge in [0.05, 0.1) is 11.0 Å². The second-order valence-corrected chi connectivity index (χ2v) is 17.7. The minimum atomic E-state index is 1.13. The zero-order valence-electron chi connectivity index (χ0n) is 36.2. The molecule has 0 atom stereocenters. The molecule has 0 N–H and O–H groups in total. The van der Waals surface area contributed by atoms with Crippen LogP contribution in [0.15, 0.2) is 206 Å². The first-order valence-corrected chi connectivity index (χ1v) is 23.3. The highest BCUT2D eigenvalue weighted by Gasteiger charge is 2.28. The van der Waals surface area contributed by atoms with Crippen molar-refractivity contribution < 1.29 is 0 Å². The predicted octanol–water partition coefficient (Wildman–Crippen LogP) is 16.7. The van der Waals surface area contributed by atoms with E-state index in [0.29, 0.717) is 0 Å². The molecule has 2 aliphatic rings. The van der Waals surface area contributed by atoms with Crippen molar-refractivity contribution in [1.29, 1.82) is 0 Å². The summed E-state index contributed by atoms with van der Waals surface area (Å²) in [6, 6.07) is 76.1. The van der Waals surface area contributed by atoms with E-state index in [1.807, 2.05) is 0 Å². The fraction of sp³-hybridized carbons (Fsp3) is 0.129. The molecule has 2 aliphatic carbocycles. The normalized spacial score (nSPS) is 13.4. The first kappa shape index (κ1) is 38.3. The Bertz CT molecular complexity index is 3180. The summed E-state index contributed by atoms with van der Waals surface area (Å²) in [5, 5.41) is 2.56. The molecule has 0 radical (unpaired) electrons.